The topological polar surface area (TPSA) is 69.6 Å². The van der Waals surface area contributed by atoms with Crippen molar-refractivity contribution in [3.05, 3.63) is 29.8 Å². The van der Waals surface area contributed by atoms with E-state index >= 15 is 0 Å². The van der Waals surface area contributed by atoms with Gasteiger partial charge in [0, 0.05) is 25.2 Å². The van der Waals surface area contributed by atoms with Crippen LogP contribution in [-0.4, -0.2) is 37.1 Å². The molecule has 1 heterocycles. The molecule has 0 fully saturated rings. The molecule has 1 amide bonds. The summed E-state index contributed by atoms with van der Waals surface area (Å²) in [6.07, 6.45) is 0.372. The van der Waals surface area contributed by atoms with Crippen molar-refractivity contribution in [3.8, 4) is 0 Å². The van der Waals surface area contributed by atoms with Crippen LogP contribution >= 0.6 is 0 Å². The van der Waals surface area contributed by atoms with Crippen molar-refractivity contribution in [2.24, 2.45) is 0 Å². The zero-order valence-corrected chi connectivity index (χ0v) is 10.2. The molecule has 2 N–H and O–H groups in total. The lowest BCUT2D eigenvalue weighted by atomic mass is 10.0. The van der Waals surface area contributed by atoms with Crippen LogP contribution in [0, 0.1) is 0 Å². The van der Waals surface area contributed by atoms with E-state index in [4.69, 9.17) is 0 Å². The fourth-order valence-electron chi connectivity index (χ4n) is 2.22. The number of amides is 1. The SMILES string of the molecule is CNCCC(=O)N1CC(C(=O)O)c2ccccc21. The molecule has 5 nitrogen and oxygen atoms in total. The van der Waals surface area contributed by atoms with E-state index in [9.17, 15) is 14.7 Å². The Morgan fingerprint density at radius 1 is 1.44 bits per heavy atom. The van der Waals surface area contributed by atoms with Gasteiger partial charge >= 0.3 is 5.97 Å². The van der Waals surface area contributed by atoms with E-state index < -0.39 is 11.9 Å². The van der Waals surface area contributed by atoms with Crippen LogP contribution in [0.2, 0.25) is 0 Å². The molecule has 1 atom stereocenters. The van der Waals surface area contributed by atoms with Crippen molar-refractivity contribution < 1.29 is 14.7 Å². The first-order valence-corrected chi connectivity index (χ1v) is 5.92. The van der Waals surface area contributed by atoms with E-state index in [1.54, 1.807) is 30.1 Å². The zero-order chi connectivity index (χ0) is 13.1. The van der Waals surface area contributed by atoms with Gasteiger partial charge in [0.05, 0.1) is 0 Å². The Bertz CT molecular complexity index is 473. The number of carboxylic acids is 1. The Morgan fingerprint density at radius 3 is 2.83 bits per heavy atom. The predicted molar refractivity (Wildman–Crippen MR) is 67.7 cm³/mol. The molecule has 18 heavy (non-hydrogen) atoms. The molecular weight excluding hydrogens is 232 g/mol. The Hall–Kier alpha value is -1.88. The van der Waals surface area contributed by atoms with Crippen molar-refractivity contribution in [2.45, 2.75) is 12.3 Å². The quantitative estimate of drug-likeness (QED) is 0.827. The van der Waals surface area contributed by atoms with Crippen LogP contribution in [0.5, 0.6) is 0 Å². The molecule has 0 aliphatic carbocycles. The lowest BCUT2D eigenvalue weighted by Gasteiger charge is -2.17. The Morgan fingerprint density at radius 2 is 2.17 bits per heavy atom. The predicted octanol–water partition coefficient (Wildman–Crippen LogP) is 0.811. The van der Waals surface area contributed by atoms with Crippen molar-refractivity contribution in [1.82, 2.24) is 5.32 Å². The Labute approximate surface area is 105 Å². The third-order valence-corrected chi connectivity index (χ3v) is 3.16. The van der Waals surface area contributed by atoms with Gasteiger partial charge in [-0.15, -0.1) is 0 Å². The second-order valence-electron chi connectivity index (χ2n) is 4.31. The number of carbonyl (C=O) groups is 2. The first-order chi connectivity index (χ1) is 8.65. The van der Waals surface area contributed by atoms with E-state index in [1.807, 2.05) is 6.07 Å². The van der Waals surface area contributed by atoms with E-state index in [0.717, 1.165) is 11.3 Å². The lowest BCUT2D eigenvalue weighted by molar-refractivity contribution is -0.138. The minimum absolute atomic E-state index is 0.0412. The molecule has 1 unspecified atom stereocenters. The summed E-state index contributed by atoms with van der Waals surface area (Å²) in [4.78, 5) is 24.8. The molecular formula is C13H16N2O3. The summed E-state index contributed by atoms with van der Waals surface area (Å²) in [6.45, 7) is 0.826. The highest BCUT2D eigenvalue weighted by atomic mass is 16.4. The second kappa shape index (κ2) is 5.18. The number of benzene rings is 1. The van der Waals surface area contributed by atoms with Gasteiger partial charge in [0.25, 0.3) is 0 Å². The van der Waals surface area contributed by atoms with Gasteiger partial charge in [-0.2, -0.15) is 0 Å². The van der Waals surface area contributed by atoms with Crippen molar-refractivity contribution >= 4 is 17.6 Å². The molecule has 1 aliphatic heterocycles. The van der Waals surface area contributed by atoms with Crippen LogP contribution < -0.4 is 10.2 Å². The number of rotatable bonds is 4. The minimum atomic E-state index is -0.883. The number of hydrogen-bond donors (Lipinski definition) is 2. The highest BCUT2D eigenvalue weighted by Gasteiger charge is 2.35. The van der Waals surface area contributed by atoms with Gasteiger partial charge in [0.2, 0.25) is 5.91 Å². The third-order valence-electron chi connectivity index (χ3n) is 3.16. The molecule has 2 rings (SSSR count). The van der Waals surface area contributed by atoms with Gasteiger partial charge in [0.15, 0.2) is 0 Å². The number of nitrogens with zero attached hydrogens (tertiary/aromatic N) is 1. The fraction of sp³-hybridized carbons (Fsp3) is 0.385. The number of hydrogen-bond acceptors (Lipinski definition) is 3. The van der Waals surface area contributed by atoms with E-state index in [-0.39, 0.29) is 12.5 Å². The van der Waals surface area contributed by atoms with Crippen molar-refractivity contribution in [1.29, 1.82) is 0 Å². The molecule has 0 radical (unpaired) electrons. The van der Waals surface area contributed by atoms with Crippen LogP contribution in [0.4, 0.5) is 5.69 Å². The fourth-order valence-corrected chi connectivity index (χ4v) is 2.22. The number of carboxylic acid groups (broad SMARTS) is 1. The monoisotopic (exact) mass is 248 g/mol. The standard InChI is InChI=1S/C13H16N2O3/c1-14-7-6-12(16)15-8-10(13(17)18)9-4-2-3-5-11(9)15/h2-5,10,14H,6-8H2,1H3,(H,17,18). The molecule has 1 aromatic carbocycles. The third kappa shape index (κ3) is 2.22. The van der Waals surface area contributed by atoms with Crippen LogP contribution in [0.3, 0.4) is 0 Å². The van der Waals surface area contributed by atoms with Crippen LogP contribution in [0.25, 0.3) is 0 Å². The molecule has 0 spiro atoms. The summed E-state index contributed by atoms with van der Waals surface area (Å²) < 4.78 is 0. The molecule has 1 aromatic rings. The summed E-state index contributed by atoms with van der Waals surface area (Å²) in [5, 5.41) is 12.1. The number of aliphatic carboxylic acids is 1. The normalized spacial score (nSPS) is 17.6. The molecule has 0 saturated carbocycles. The van der Waals surface area contributed by atoms with Crippen molar-refractivity contribution in [2.75, 3.05) is 25.0 Å². The maximum absolute atomic E-state index is 12.0. The van der Waals surface area contributed by atoms with E-state index in [2.05, 4.69) is 5.32 Å². The van der Waals surface area contributed by atoms with Crippen LogP contribution in [-0.2, 0) is 9.59 Å². The van der Waals surface area contributed by atoms with E-state index in [1.165, 1.54) is 0 Å². The average molecular weight is 248 g/mol. The summed E-state index contributed by atoms with van der Waals surface area (Å²) in [5.41, 5.74) is 1.45. The number of anilines is 1. The number of nitrogens with one attached hydrogen (secondary N) is 1. The smallest absolute Gasteiger partial charge is 0.312 e. The molecule has 96 valence electrons. The Kier molecular flexibility index (Phi) is 3.62. The van der Waals surface area contributed by atoms with Gasteiger partial charge in [-0.05, 0) is 18.7 Å². The minimum Gasteiger partial charge on any atom is -0.481 e. The van der Waals surface area contributed by atoms with Crippen LogP contribution in [0.1, 0.15) is 17.9 Å². The number of carbonyl (C=O) groups excluding carboxylic acids is 1. The molecule has 0 aromatic heterocycles. The zero-order valence-electron chi connectivity index (χ0n) is 10.2. The summed E-state index contributed by atoms with van der Waals surface area (Å²) in [7, 11) is 1.78. The first-order valence-electron chi connectivity index (χ1n) is 5.92. The van der Waals surface area contributed by atoms with Crippen LogP contribution in [0.15, 0.2) is 24.3 Å². The summed E-state index contributed by atoms with van der Waals surface area (Å²) in [6, 6.07) is 7.20. The van der Waals surface area contributed by atoms with Gasteiger partial charge in [-0.1, -0.05) is 18.2 Å². The van der Waals surface area contributed by atoms with Gasteiger partial charge in [0.1, 0.15) is 5.92 Å². The average Bonchev–Trinajstić information content (AvgIpc) is 2.75. The summed E-state index contributed by atoms with van der Waals surface area (Å²) in [5.74, 6) is -1.54. The molecule has 5 heteroatoms. The maximum Gasteiger partial charge on any atom is 0.312 e. The Balaban J connectivity index is 2.25. The number of para-hydroxylation sites is 1. The van der Waals surface area contributed by atoms with Crippen molar-refractivity contribution in [3.63, 3.8) is 0 Å². The highest BCUT2D eigenvalue weighted by molar-refractivity contribution is 5.99. The maximum atomic E-state index is 12.0. The molecule has 0 bridgehead atoms. The van der Waals surface area contributed by atoms with Gasteiger partial charge in [-0.3, -0.25) is 9.59 Å². The largest absolute Gasteiger partial charge is 0.481 e. The highest BCUT2D eigenvalue weighted by Crippen LogP contribution is 2.36. The number of fused-ring (bicyclic) bond motifs is 1. The van der Waals surface area contributed by atoms with Gasteiger partial charge in [-0.25, -0.2) is 0 Å². The molecule has 1 aliphatic rings. The van der Waals surface area contributed by atoms with Gasteiger partial charge < -0.3 is 15.3 Å². The lowest BCUT2D eigenvalue weighted by Crippen LogP contribution is -2.32. The summed E-state index contributed by atoms with van der Waals surface area (Å²) >= 11 is 0. The second-order valence-corrected chi connectivity index (χ2v) is 4.31. The van der Waals surface area contributed by atoms with E-state index in [0.29, 0.717) is 13.0 Å². The molecule has 0 saturated heterocycles. The first kappa shape index (κ1) is 12.6.